The highest BCUT2D eigenvalue weighted by molar-refractivity contribution is 5.70. The van der Waals surface area contributed by atoms with Gasteiger partial charge in [-0.1, -0.05) is 234 Å². The van der Waals surface area contributed by atoms with E-state index in [1.165, 1.54) is 122 Å². The van der Waals surface area contributed by atoms with Crippen molar-refractivity contribution in [1.29, 1.82) is 0 Å². The molecule has 5 heteroatoms. The van der Waals surface area contributed by atoms with E-state index in [1.807, 2.05) is 6.08 Å². The zero-order chi connectivity index (χ0) is 46.3. The van der Waals surface area contributed by atoms with Gasteiger partial charge in [-0.15, -0.1) is 0 Å². The molecule has 0 rings (SSSR count). The average Bonchev–Trinajstić information content (AvgIpc) is 3.30. The molecule has 1 atom stereocenters. The van der Waals surface area contributed by atoms with Crippen LogP contribution in [0, 0.1) is 0 Å². The Kier molecular flexibility index (Phi) is 51.5. The second-order valence-corrected chi connectivity index (χ2v) is 17.4. The molecule has 0 N–H and O–H groups in total. The Hall–Kier alpha value is -3.18. The van der Waals surface area contributed by atoms with Crippen molar-refractivity contribution in [2.45, 2.75) is 245 Å². The molecule has 0 aromatic carbocycles. The summed E-state index contributed by atoms with van der Waals surface area (Å²) < 4.78 is 17.3. The summed E-state index contributed by atoms with van der Waals surface area (Å²) in [6, 6.07) is 0. The van der Waals surface area contributed by atoms with Gasteiger partial charge in [-0.05, 0) is 89.9 Å². The quantitative estimate of drug-likeness (QED) is 0.0346. The Morgan fingerprint density at radius 3 is 1.22 bits per heavy atom. The number of allylic oxidation sites excluding steroid dienone is 16. The number of rotatable bonds is 48. The van der Waals surface area contributed by atoms with Gasteiger partial charge in [0.1, 0.15) is 6.61 Å². The first-order chi connectivity index (χ1) is 31.6. The minimum atomic E-state index is -0.574. The maximum absolute atomic E-state index is 12.8. The molecule has 0 amide bonds. The van der Waals surface area contributed by atoms with Crippen LogP contribution in [0.25, 0.3) is 0 Å². The van der Waals surface area contributed by atoms with Crippen molar-refractivity contribution in [2.75, 3.05) is 19.8 Å². The first kappa shape index (κ1) is 60.8. The lowest BCUT2D eigenvalue weighted by Gasteiger charge is -2.18. The third-order valence-corrected chi connectivity index (χ3v) is 11.1. The molecule has 366 valence electrons. The molecule has 1 unspecified atom stereocenters. The van der Waals surface area contributed by atoms with Gasteiger partial charge in [-0.25, -0.2) is 0 Å². The molecular weight excluding hydrogens is 789 g/mol. The van der Waals surface area contributed by atoms with Crippen LogP contribution in [0.1, 0.15) is 239 Å². The molecule has 0 fully saturated rings. The zero-order valence-electron chi connectivity index (χ0n) is 42.0. The van der Waals surface area contributed by atoms with Crippen LogP contribution in [0.2, 0.25) is 0 Å². The number of ether oxygens (including phenoxy) is 3. The van der Waals surface area contributed by atoms with Gasteiger partial charge >= 0.3 is 11.9 Å². The van der Waals surface area contributed by atoms with Gasteiger partial charge < -0.3 is 14.2 Å². The fourth-order valence-corrected chi connectivity index (χ4v) is 7.15. The number of hydrogen-bond acceptors (Lipinski definition) is 5. The number of carbonyl (C=O) groups excluding carboxylic acids is 2. The van der Waals surface area contributed by atoms with Crippen molar-refractivity contribution in [1.82, 2.24) is 0 Å². The second-order valence-electron chi connectivity index (χ2n) is 17.4. The number of carbonyl (C=O) groups is 2. The Bertz CT molecular complexity index is 1230. The SMILES string of the molecule is CC/C=C\C/C=C\C/C=C\C/C=C\C/C=C\C/C=C\CCC(=O)OCC(COCCCCCCCCCCCCCC)OC(=O)CCCCCCCCC/C=C\C/C=C\CCCCC. The van der Waals surface area contributed by atoms with E-state index in [0.717, 1.165) is 77.0 Å². The molecule has 0 bridgehead atoms. The molecule has 64 heavy (non-hydrogen) atoms. The van der Waals surface area contributed by atoms with Crippen LogP contribution >= 0.6 is 0 Å². The predicted octanol–water partition coefficient (Wildman–Crippen LogP) is 18.2. The summed E-state index contributed by atoms with van der Waals surface area (Å²) in [4.78, 5) is 25.4. The van der Waals surface area contributed by atoms with Crippen molar-refractivity contribution in [2.24, 2.45) is 0 Å². The summed E-state index contributed by atoms with van der Waals surface area (Å²) in [6.45, 7) is 7.61. The van der Waals surface area contributed by atoms with Gasteiger partial charge in [0.15, 0.2) is 6.10 Å². The van der Waals surface area contributed by atoms with Crippen LogP contribution in [-0.4, -0.2) is 37.9 Å². The van der Waals surface area contributed by atoms with Crippen molar-refractivity contribution in [3.63, 3.8) is 0 Å². The van der Waals surface area contributed by atoms with Crippen molar-refractivity contribution in [3.8, 4) is 0 Å². The summed E-state index contributed by atoms with van der Waals surface area (Å²) in [5, 5.41) is 0. The fourth-order valence-electron chi connectivity index (χ4n) is 7.15. The predicted molar refractivity (Wildman–Crippen MR) is 279 cm³/mol. The highest BCUT2D eigenvalue weighted by Crippen LogP contribution is 2.14. The largest absolute Gasteiger partial charge is 0.462 e. The fraction of sp³-hybridized carbons (Fsp3) is 0.695. The van der Waals surface area contributed by atoms with Crippen LogP contribution in [-0.2, 0) is 23.8 Å². The highest BCUT2D eigenvalue weighted by Gasteiger charge is 2.17. The molecule has 0 radical (unpaired) electrons. The molecular formula is C59H100O5. The normalized spacial score (nSPS) is 13.0. The smallest absolute Gasteiger partial charge is 0.306 e. The van der Waals surface area contributed by atoms with Crippen molar-refractivity contribution >= 4 is 11.9 Å². The maximum Gasteiger partial charge on any atom is 0.306 e. The molecule has 5 nitrogen and oxygen atoms in total. The van der Waals surface area contributed by atoms with E-state index in [4.69, 9.17) is 14.2 Å². The molecule has 0 spiro atoms. The van der Waals surface area contributed by atoms with Crippen LogP contribution in [0.3, 0.4) is 0 Å². The van der Waals surface area contributed by atoms with Crippen LogP contribution in [0.4, 0.5) is 0 Å². The molecule has 0 saturated heterocycles. The lowest BCUT2D eigenvalue weighted by molar-refractivity contribution is -0.162. The number of esters is 2. The summed E-state index contributed by atoms with van der Waals surface area (Å²) in [6.07, 6.45) is 72.8. The summed E-state index contributed by atoms with van der Waals surface area (Å²) >= 11 is 0. The lowest BCUT2D eigenvalue weighted by atomic mass is 10.1. The third kappa shape index (κ3) is 51.5. The van der Waals surface area contributed by atoms with Gasteiger partial charge in [0.2, 0.25) is 0 Å². The summed E-state index contributed by atoms with van der Waals surface area (Å²) in [5.41, 5.74) is 0. The molecule has 0 aliphatic carbocycles. The lowest BCUT2D eigenvalue weighted by Crippen LogP contribution is -2.30. The van der Waals surface area contributed by atoms with Gasteiger partial charge in [0.25, 0.3) is 0 Å². The molecule has 0 saturated carbocycles. The summed E-state index contributed by atoms with van der Waals surface area (Å²) in [7, 11) is 0. The van der Waals surface area contributed by atoms with Crippen LogP contribution in [0.15, 0.2) is 97.2 Å². The van der Waals surface area contributed by atoms with Crippen molar-refractivity contribution < 1.29 is 23.8 Å². The second kappa shape index (κ2) is 54.2. The average molecular weight is 889 g/mol. The number of unbranched alkanes of at least 4 members (excludes halogenated alkanes) is 21. The summed E-state index contributed by atoms with van der Waals surface area (Å²) in [5.74, 6) is -0.501. The number of hydrogen-bond donors (Lipinski definition) is 0. The Morgan fingerprint density at radius 1 is 0.359 bits per heavy atom. The molecule has 0 aromatic rings. The highest BCUT2D eigenvalue weighted by atomic mass is 16.6. The Balaban J connectivity index is 4.39. The minimum absolute atomic E-state index is 0.0394. The van der Waals surface area contributed by atoms with Gasteiger partial charge in [-0.2, -0.15) is 0 Å². The van der Waals surface area contributed by atoms with E-state index < -0.39 is 6.10 Å². The monoisotopic (exact) mass is 889 g/mol. The molecule has 0 heterocycles. The van der Waals surface area contributed by atoms with E-state index in [2.05, 4.69) is 112 Å². The topological polar surface area (TPSA) is 61.8 Å². The molecule has 0 aliphatic heterocycles. The maximum atomic E-state index is 12.8. The third-order valence-electron chi connectivity index (χ3n) is 11.1. The molecule has 0 aliphatic rings. The van der Waals surface area contributed by atoms with Crippen LogP contribution < -0.4 is 0 Å². The van der Waals surface area contributed by atoms with Crippen LogP contribution in [0.5, 0.6) is 0 Å². The van der Waals surface area contributed by atoms with E-state index >= 15 is 0 Å². The zero-order valence-corrected chi connectivity index (χ0v) is 42.0. The van der Waals surface area contributed by atoms with E-state index in [0.29, 0.717) is 25.9 Å². The van der Waals surface area contributed by atoms with Gasteiger partial charge in [0.05, 0.1) is 6.61 Å². The first-order valence-corrected chi connectivity index (χ1v) is 26.8. The standard InChI is InChI=1S/C59H100O5/c1-4-7-10-13-16-19-22-25-27-29-30-32-33-35-37-40-43-46-49-52-58(60)63-56-57(55-62-54-51-48-45-42-39-24-21-18-15-12-9-6-3)64-59(61)53-50-47-44-41-38-36-34-31-28-26-23-20-17-14-11-8-5-2/h7,10,16-17,19-20,25-28,30,32,35,37,43,46,57H,4-6,8-9,11-15,18,21-24,29,31,33-34,36,38-42,44-45,47-56H2,1-3H3/b10-7-,19-16-,20-17-,27-25-,28-26-,32-30-,37-35-,46-43-. The first-order valence-electron chi connectivity index (χ1n) is 26.8. The van der Waals surface area contributed by atoms with E-state index in [9.17, 15) is 9.59 Å². The van der Waals surface area contributed by atoms with Gasteiger partial charge in [-0.3, -0.25) is 9.59 Å². The Morgan fingerprint density at radius 2 is 0.734 bits per heavy atom. The van der Waals surface area contributed by atoms with E-state index in [1.54, 1.807) is 0 Å². The molecule has 0 aromatic heterocycles. The van der Waals surface area contributed by atoms with Gasteiger partial charge in [0, 0.05) is 19.4 Å². The minimum Gasteiger partial charge on any atom is -0.462 e. The Labute approximate surface area is 396 Å². The van der Waals surface area contributed by atoms with Crippen molar-refractivity contribution in [3.05, 3.63) is 97.2 Å². The van der Waals surface area contributed by atoms with E-state index in [-0.39, 0.29) is 25.2 Å².